The Labute approximate surface area is 147 Å². The zero-order valence-electron chi connectivity index (χ0n) is 12.8. The average molecular weight is 355 g/mol. The second-order valence-electron chi connectivity index (χ2n) is 5.66. The fourth-order valence-electron chi connectivity index (χ4n) is 2.95. The monoisotopic (exact) mass is 354 g/mol. The molecule has 4 rings (SSSR count). The van der Waals surface area contributed by atoms with Gasteiger partial charge >= 0.3 is 0 Å². The number of hydrogen-bond donors (Lipinski definition) is 0. The first kappa shape index (κ1) is 15.5. The van der Waals surface area contributed by atoms with Gasteiger partial charge in [0.15, 0.2) is 0 Å². The first-order valence-electron chi connectivity index (χ1n) is 7.55. The summed E-state index contributed by atoms with van der Waals surface area (Å²) in [6, 6.07) is 14.7. The standard InChI is InChI=1S/C18H11ClN2O4/c19-11-6-8-12(9-7-11)21-17(23)13-14(20-25-16(13)18(21)24)15(22)10-4-2-1-3-5-10/h1-9,13,16H/t13-,16-/m0/s1. The maximum absolute atomic E-state index is 12.8. The smallest absolute Gasteiger partial charge is 0.278 e. The molecule has 2 aromatic rings. The van der Waals surface area contributed by atoms with Crippen LogP contribution in [-0.2, 0) is 14.4 Å². The van der Waals surface area contributed by atoms with E-state index in [0.717, 1.165) is 4.90 Å². The van der Waals surface area contributed by atoms with Gasteiger partial charge in [-0.25, -0.2) is 4.90 Å². The summed E-state index contributed by atoms with van der Waals surface area (Å²) in [5.74, 6) is -2.53. The topological polar surface area (TPSA) is 76.0 Å². The lowest BCUT2D eigenvalue weighted by molar-refractivity contribution is -0.126. The lowest BCUT2D eigenvalue weighted by Gasteiger charge is -2.15. The maximum atomic E-state index is 12.8. The van der Waals surface area contributed by atoms with Crippen molar-refractivity contribution in [3.63, 3.8) is 0 Å². The Bertz CT molecular complexity index is 908. The summed E-state index contributed by atoms with van der Waals surface area (Å²) in [7, 11) is 0. The number of imide groups is 1. The van der Waals surface area contributed by atoms with Crippen LogP contribution in [0.15, 0.2) is 59.8 Å². The molecule has 1 fully saturated rings. The van der Waals surface area contributed by atoms with Gasteiger partial charge in [0.25, 0.3) is 5.91 Å². The highest BCUT2D eigenvalue weighted by molar-refractivity contribution is 6.52. The number of Topliss-reactive ketones (excluding diaryl/α,β-unsaturated/α-hetero) is 1. The number of hydrogen-bond acceptors (Lipinski definition) is 5. The molecule has 2 aliphatic rings. The van der Waals surface area contributed by atoms with Crippen LogP contribution < -0.4 is 4.90 Å². The quantitative estimate of drug-likeness (QED) is 0.626. The van der Waals surface area contributed by atoms with Gasteiger partial charge < -0.3 is 4.84 Å². The third kappa shape index (κ3) is 2.42. The summed E-state index contributed by atoms with van der Waals surface area (Å²) in [5, 5.41) is 4.20. The Morgan fingerprint density at radius 3 is 2.36 bits per heavy atom. The third-order valence-electron chi connectivity index (χ3n) is 4.17. The van der Waals surface area contributed by atoms with Gasteiger partial charge in [0, 0.05) is 10.6 Å². The highest BCUT2D eigenvalue weighted by Crippen LogP contribution is 2.34. The van der Waals surface area contributed by atoms with E-state index in [1.165, 1.54) is 0 Å². The molecule has 7 heteroatoms. The number of amides is 2. The molecule has 0 aromatic heterocycles. The number of benzene rings is 2. The number of oxime groups is 1. The van der Waals surface area contributed by atoms with Crippen molar-refractivity contribution in [3.05, 3.63) is 65.2 Å². The second-order valence-corrected chi connectivity index (χ2v) is 6.10. The highest BCUT2D eigenvalue weighted by Gasteiger charge is 2.57. The Kier molecular flexibility index (Phi) is 3.62. The van der Waals surface area contributed by atoms with E-state index in [1.807, 2.05) is 0 Å². The van der Waals surface area contributed by atoms with E-state index >= 15 is 0 Å². The number of fused-ring (bicyclic) bond motifs is 1. The van der Waals surface area contributed by atoms with Crippen molar-refractivity contribution in [3.8, 4) is 0 Å². The Morgan fingerprint density at radius 2 is 1.68 bits per heavy atom. The first-order valence-corrected chi connectivity index (χ1v) is 7.92. The lowest BCUT2D eigenvalue weighted by atomic mass is 9.93. The molecule has 0 N–H and O–H groups in total. The predicted octanol–water partition coefficient (Wildman–Crippen LogP) is 2.47. The van der Waals surface area contributed by atoms with Crippen molar-refractivity contribution < 1.29 is 19.2 Å². The second kappa shape index (κ2) is 5.82. The zero-order chi connectivity index (χ0) is 17.6. The van der Waals surface area contributed by atoms with Crippen molar-refractivity contribution >= 4 is 40.6 Å². The molecule has 1 saturated heterocycles. The molecule has 2 atom stereocenters. The normalized spacial score (nSPS) is 21.8. The van der Waals surface area contributed by atoms with Crippen molar-refractivity contribution in [2.45, 2.75) is 6.10 Å². The van der Waals surface area contributed by atoms with Crippen molar-refractivity contribution in [1.82, 2.24) is 0 Å². The van der Waals surface area contributed by atoms with Gasteiger partial charge in [-0.3, -0.25) is 14.4 Å². The van der Waals surface area contributed by atoms with Crippen LogP contribution in [0, 0.1) is 5.92 Å². The molecule has 0 bridgehead atoms. The van der Waals surface area contributed by atoms with E-state index in [-0.39, 0.29) is 5.71 Å². The maximum Gasteiger partial charge on any atom is 0.278 e. The van der Waals surface area contributed by atoms with Crippen LogP contribution in [0.4, 0.5) is 5.69 Å². The van der Waals surface area contributed by atoms with Crippen molar-refractivity contribution in [2.24, 2.45) is 11.1 Å². The summed E-state index contributed by atoms with van der Waals surface area (Å²) < 4.78 is 0. The molecule has 0 saturated carbocycles. The van der Waals surface area contributed by atoms with Gasteiger partial charge in [0.05, 0.1) is 5.69 Å². The van der Waals surface area contributed by atoms with E-state index < -0.39 is 29.6 Å². The molecule has 2 aliphatic heterocycles. The number of rotatable bonds is 3. The van der Waals surface area contributed by atoms with Crippen LogP contribution in [0.2, 0.25) is 5.02 Å². The van der Waals surface area contributed by atoms with Crippen LogP contribution in [-0.4, -0.2) is 29.4 Å². The van der Waals surface area contributed by atoms with E-state index in [2.05, 4.69) is 5.16 Å². The summed E-state index contributed by atoms with van der Waals surface area (Å²) in [6.07, 6.45) is -1.11. The Morgan fingerprint density at radius 1 is 1.00 bits per heavy atom. The number of ketones is 1. The third-order valence-corrected chi connectivity index (χ3v) is 4.42. The molecule has 2 amide bonds. The minimum absolute atomic E-state index is 0.0500. The van der Waals surface area contributed by atoms with Gasteiger partial charge in [-0.05, 0) is 24.3 Å². The molecule has 0 unspecified atom stereocenters. The number of halogens is 1. The van der Waals surface area contributed by atoms with Crippen LogP contribution in [0.1, 0.15) is 10.4 Å². The van der Waals surface area contributed by atoms with Crippen molar-refractivity contribution in [2.75, 3.05) is 4.90 Å². The molecule has 2 heterocycles. The van der Waals surface area contributed by atoms with Crippen LogP contribution >= 0.6 is 11.6 Å². The van der Waals surface area contributed by atoms with Gasteiger partial charge in [-0.2, -0.15) is 0 Å². The number of carbonyl (C=O) groups excluding carboxylic acids is 3. The Hall–Kier alpha value is -2.99. The summed E-state index contributed by atoms with van der Waals surface area (Å²) >= 11 is 5.84. The van der Waals surface area contributed by atoms with E-state index in [1.54, 1.807) is 54.6 Å². The molecule has 124 valence electrons. The number of anilines is 1. The highest BCUT2D eigenvalue weighted by atomic mass is 35.5. The van der Waals surface area contributed by atoms with E-state index in [9.17, 15) is 14.4 Å². The van der Waals surface area contributed by atoms with E-state index in [4.69, 9.17) is 16.4 Å². The van der Waals surface area contributed by atoms with Gasteiger partial charge in [-0.1, -0.05) is 47.1 Å². The summed E-state index contributed by atoms with van der Waals surface area (Å²) in [5.41, 5.74) is 0.714. The fourth-order valence-corrected chi connectivity index (χ4v) is 3.07. The van der Waals surface area contributed by atoms with Crippen LogP contribution in [0.3, 0.4) is 0 Å². The molecule has 6 nitrogen and oxygen atoms in total. The Balaban J connectivity index is 1.67. The molecule has 0 aliphatic carbocycles. The molecular formula is C18H11ClN2O4. The average Bonchev–Trinajstić information content (AvgIpc) is 3.17. The fraction of sp³-hybridized carbons (Fsp3) is 0.111. The summed E-state index contributed by atoms with van der Waals surface area (Å²) in [6.45, 7) is 0. The van der Waals surface area contributed by atoms with Gasteiger partial charge in [0.2, 0.25) is 17.8 Å². The first-order chi connectivity index (χ1) is 12.1. The predicted molar refractivity (Wildman–Crippen MR) is 90.5 cm³/mol. The minimum Gasteiger partial charge on any atom is -0.381 e. The van der Waals surface area contributed by atoms with Crippen LogP contribution in [0.5, 0.6) is 0 Å². The van der Waals surface area contributed by atoms with Gasteiger partial charge in [0.1, 0.15) is 11.6 Å². The molecule has 2 aromatic carbocycles. The molecule has 25 heavy (non-hydrogen) atoms. The van der Waals surface area contributed by atoms with Gasteiger partial charge in [-0.15, -0.1) is 0 Å². The number of nitrogens with zero attached hydrogens (tertiary/aromatic N) is 2. The zero-order valence-corrected chi connectivity index (χ0v) is 13.5. The SMILES string of the molecule is O=C(C1=NO[C@@H]2C(=O)N(c3ccc(Cl)cc3)C(=O)[C@@H]12)c1ccccc1. The number of carbonyl (C=O) groups is 3. The molecule has 0 spiro atoms. The van der Waals surface area contributed by atoms with Crippen molar-refractivity contribution in [1.29, 1.82) is 0 Å². The molecule has 0 radical (unpaired) electrons. The minimum atomic E-state index is -1.11. The largest absolute Gasteiger partial charge is 0.381 e. The lowest BCUT2D eigenvalue weighted by Crippen LogP contribution is -2.34. The van der Waals surface area contributed by atoms with Crippen LogP contribution in [0.25, 0.3) is 0 Å². The van der Waals surface area contributed by atoms with E-state index in [0.29, 0.717) is 16.3 Å². The molecular weight excluding hydrogens is 344 g/mol. The summed E-state index contributed by atoms with van der Waals surface area (Å²) in [4.78, 5) is 44.1.